The molecular formula is C27H30BrN3O5. The average molecular weight is 556 g/mol. The highest BCUT2D eigenvalue weighted by atomic mass is 79.9. The Kier molecular flexibility index (Phi) is 8.40. The number of nitrogens with zero attached hydrogens (tertiary/aromatic N) is 3. The van der Waals surface area contributed by atoms with Crippen LogP contribution in [0.5, 0.6) is 11.5 Å². The Morgan fingerprint density at radius 1 is 1.25 bits per heavy atom. The second-order valence-corrected chi connectivity index (χ2v) is 9.63. The summed E-state index contributed by atoms with van der Waals surface area (Å²) in [6.45, 7) is 3.61. The molecule has 9 heteroatoms. The van der Waals surface area contributed by atoms with Crippen molar-refractivity contribution in [2.24, 2.45) is 5.10 Å². The third kappa shape index (κ3) is 5.61. The summed E-state index contributed by atoms with van der Waals surface area (Å²) in [5, 5.41) is 5.09. The molecule has 3 aromatic rings. The number of hydrogen-bond donors (Lipinski definition) is 0. The first-order chi connectivity index (χ1) is 17.4. The van der Waals surface area contributed by atoms with Gasteiger partial charge >= 0.3 is 5.97 Å². The number of hydrogen-bond acceptors (Lipinski definition) is 7. The van der Waals surface area contributed by atoms with Crippen molar-refractivity contribution in [1.29, 1.82) is 0 Å². The predicted molar refractivity (Wildman–Crippen MR) is 142 cm³/mol. The van der Waals surface area contributed by atoms with Crippen LogP contribution in [0.1, 0.15) is 63.3 Å². The van der Waals surface area contributed by atoms with E-state index in [1.807, 2.05) is 12.1 Å². The number of esters is 1. The zero-order valence-electron chi connectivity index (χ0n) is 20.7. The van der Waals surface area contributed by atoms with Gasteiger partial charge in [0.05, 0.1) is 30.8 Å². The van der Waals surface area contributed by atoms with Crippen LogP contribution in [0.25, 0.3) is 10.9 Å². The van der Waals surface area contributed by atoms with Gasteiger partial charge in [0.15, 0.2) is 17.6 Å². The summed E-state index contributed by atoms with van der Waals surface area (Å²) in [6, 6.07) is 10.8. The lowest BCUT2D eigenvalue weighted by atomic mass is 9.88. The third-order valence-corrected chi connectivity index (χ3v) is 6.75. The quantitative estimate of drug-likeness (QED) is 0.272. The summed E-state index contributed by atoms with van der Waals surface area (Å²) in [7, 11) is 1.52. The number of methoxy groups -OCH3 is 1. The lowest BCUT2D eigenvalue weighted by Gasteiger charge is -2.23. The van der Waals surface area contributed by atoms with E-state index in [0.717, 1.165) is 30.2 Å². The number of rotatable bonds is 8. The molecule has 1 atom stereocenters. The lowest BCUT2D eigenvalue weighted by Crippen LogP contribution is -2.27. The predicted octanol–water partition coefficient (Wildman–Crippen LogP) is 5.43. The van der Waals surface area contributed by atoms with Gasteiger partial charge in [0.1, 0.15) is 5.82 Å². The molecule has 1 aromatic heterocycles. The van der Waals surface area contributed by atoms with Crippen LogP contribution in [-0.4, -0.2) is 41.7 Å². The second-order valence-electron chi connectivity index (χ2n) is 8.72. The van der Waals surface area contributed by atoms with E-state index in [-0.39, 0.29) is 18.1 Å². The van der Waals surface area contributed by atoms with Gasteiger partial charge in [-0.2, -0.15) is 9.78 Å². The monoisotopic (exact) mass is 555 g/mol. The van der Waals surface area contributed by atoms with E-state index in [4.69, 9.17) is 19.2 Å². The molecule has 0 spiro atoms. The Balaban J connectivity index is 1.80. The molecule has 0 bridgehead atoms. The van der Waals surface area contributed by atoms with Crippen LogP contribution >= 0.6 is 15.9 Å². The summed E-state index contributed by atoms with van der Waals surface area (Å²) in [5.74, 6) is 1.12. The molecule has 0 amide bonds. The Morgan fingerprint density at radius 2 is 2.03 bits per heavy atom. The summed E-state index contributed by atoms with van der Waals surface area (Å²) in [5.41, 5.74) is 0.980. The van der Waals surface area contributed by atoms with Crippen molar-refractivity contribution in [3.8, 4) is 11.5 Å². The summed E-state index contributed by atoms with van der Waals surface area (Å²) in [6.07, 6.45) is 6.02. The van der Waals surface area contributed by atoms with Crippen molar-refractivity contribution in [3.05, 3.63) is 62.6 Å². The molecule has 1 saturated carbocycles. The number of aromatic nitrogens is 2. The molecule has 4 rings (SSSR count). The van der Waals surface area contributed by atoms with Crippen molar-refractivity contribution in [3.63, 3.8) is 0 Å². The molecule has 0 saturated heterocycles. The van der Waals surface area contributed by atoms with E-state index in [2.05, 4.69) is 21.0 Å². The molecule has 1 heterocycles. The SMILES string of the molecule is CCOC(=O)[C@@H](C)Oc1c(C=Nn2c(C3CCCCC3)nc3ccc(Br)cc3c2=O)cccc1OC. The molecule has 8 nitrogen and oxygen atoms in total. The molecule has 190 valence electrons. The Bertz CT molecular complexity index is 1330. The van der Waals surface area contributed by atoms with Crippen LogP contribution in [0.4, 0.5) is 0 Å². The van der Waals surface area contributed by atoms with Crippen molar-refractivity contribution in [1.82, 2.24) is 9.66 Å². The maximum absolute atomic E-state index is 13.6. The van der Waals surface area contributed by atoms with Crippen LogP contribution in [0, 0.1) is 0 Å². The molecule has 0 aliphatic heterocycles. The van der Waals surface area contributed by atoms with E-state index in [1.165, 1.54) is 18.2 Å². The number of carbonyl (C=O) groups is 1. The molecule has 0 radical (unpaired) electrons. The normalized spacial score (nSPS) is 15.2. The molecule has 0 unspecified atom stereocenters. The lowest BCUT2D eigenvalue weighted by molar-refractivity contribution is -0.150. The molecule has 1 aliphatic rings. The first-order valence-electron chi connectivity index (χ1n) is 12.2. The molecule has 0 N–H and O–H groups in total. The Hall–Kier alpha value is -3.20. The molecule has 1 aliphatic carbocycles. The number of para-hydroxylation sites is 1. The highest BCUT2D eigenvalue weighted by Gasteiger charge is 2.23. The van der Waals surface area contributed by atoms with E-state index in [0.29, 0.717) is 33.8 Å². The zero-order valence-corrected chi connectivity index (χ0v) is 22.3. The number of halogens is 1. The standard InChI is InChI=1S/C27H30BrN3O5/c1-4-35-27(33)17(2)36-24-19(11-8-12-23(24)34-3)16-29-31-25(18-9-6-5-7-10-18)30-22-14-13-20(28)15-21(22)26(31)32/h8,11-18H,4-7,9-10H2,1-3H3/t17-/m1/s1. The van der Waals surface area contributed by atoms with Gasteiger partial charge in [-0.15, -0.1) is 0 Å². The van der Waals surface area contributed by atoms with Crippen LogP contribution in [-0.2, 0) is 9.53 Å². The molecule has 2 aromatic carbocycles. The number of benzene rings is 2. The van der Waals surface area contributed by atoms with Gasteiger partial charge in [-0.25, -0.2) is 9.78 Å². The summed E-state index contributed by atoms with van der Waals surface area (Å²) < 4.78 is 18.7. The number of fused-ring (bicyclic) bond motifs is 1. The molecule has 36 heavy (non-hydrogen) atoms. The van der Waals surface area contributed by atoms with E-state index in [9.17, 15) is 9.59 Å². The van der Waals surface area contributed by atoms with E-state index >= 15 is 0 Å². The van der Waals surface area contributed by atoms with Crippen molar-refractivity contribution in [2.75, 3.05) is 13.7 Å². The number of ether oxygens (including phenoxy) is 3. The fourth-order valence-electron chi connectivity index (χ4n) is 4.43. The minimum Gasteiger partial charge on any atom is -0.493 e. The van der Waals surface area contributed by atoms with Crippen molar-refractivity contribution in [2.45, 2.75) is 58.0 Å². The van der Waals surface area contributed by atoms with Crippen molar-refractivity contribution >= 4 is 39.0 Å². The maximum atomic E-state index is 13.6. The fourth-order valence-corrected chi connectivity index (χ4v) is 4.79. The second kappa shape index (κ2) is 11.7. The highest BCUT2D eigenvalue weighted by Crippen LogP contribution is 2.33. The maximum Gasteiger partial charge on any atom is 0.347 e. The van der Waals surface area contributed by atoms with Crippen molar-refractivity contribution < 1.29 is 19.0 Å². The third-order valence-electron chi connectivity index (χ3n) is 6.26. The van der Waals surface area contributed by atoms with Crippen LogP contribution in [0.2, 0.25) is 0 Å². The van der Waals surface area contributed by atoms with Gasteiger partial charge < -0.3 is 14.2 Å². The highest BCUT2D eigenvalue weighted by molar-refractivity contribution is 9.10. The first kappa shape index (κ1) is 25.9. The van der Waals surface area contributed by atoms with Gasteiger partial charge in [-0.1, -0.05) is 41.3 Å². The fraction of sp³-hybridized carbons (Fsp3) is 0.407. The Labute approximate surface area is 218 Å². The smallest absolute Gasteiger partial charge is 0.347 e. The van der Waals surface area contributed by atoms with Gasteiger partial charge in [0.25, 0.3) is 5.56 Å². The minimum atomic E-state index is -0.853. The largest absolute Gasteiger partial charge is 0.493 e. The van der Waals surface area contributed by atoms with E-state index in [1.54, 1.807) is 44.3 Å². The van der Waals surface area contributed by atoms with Gasteiger partial charge in [0.2, 0.25) is 0 Å². The topological polar surface area (TPSA) is 92.0 Å². The van der Waals surface area contributed by atoms with Crippen LogP contribution < -0.4 is 15.0 Å². The zero-order chi connectivity index (χ0) is 25.7. The molecular weight excluding hydrogens is 526 g/mol. The van der Waals surface area contributed by atoms with Gasteiger partial charge in [-0.05, 0) is 57.0 Å². The van der Waals surface area contributed by atoms with Gasteiger partial charge in [-0.3, -0.25) is 4.79 Å². The first-order valence-corrected chi connectivity index (χ1v) is 13.0. The minimum absolute atomic E-state index is 0.154. The summed E-state index contributed by atoms with van der Waals surface area (Å²) in [4.78, 5) is 30.6. The van der Waals surface area contributed by atoms with E-state index < -0.39 is 12.1 Å². The van der Waals surface area contributed by atoms with Crippen LogP contribution in [0.15, 0.2) is 50.8 Å². The summed E-state index contributed by atoms with van der Waals surface area (Å²) >= 11 is 3.45. The van der Waals surface area contributed by atoms with Gasteiger partial charge in [0, 0.05) is 16.0 Å². The Morgan fingerprint density at radius 3 is 2.75 bits per heavy atom. The average Bonchev–Trinajstić information content (AvgIpc) is 2.89. The number of carbonyl (C=O) groups excluding carboxylic acids is 1. The van der Waals surface area contributed by atoms with Crippen LogP contribution in [0.3, 0.4) is 0 Å². The molecule has 1 fully saturated rings.